The summed E-state index contributed by atoms with van der Waals surface area (Å²) in [5, 5.41) is 4.39. The van der Waals surface area contributed by atoms with Gasteiger partial charge >= 0.3 is 0 Å². The monoisotopic (exact) mass is 340 g/mol. The van der Waals surface area contributed by atoms with Gasteiger partial charge in [0.05, 0.1) is 28.4 Å². The van der Waals surface area contributed by atoms with Gasteiger partial charge in [-0.05, 0) is 24.3 Å². The summed E-state index contributed by atoms with van der Waals surface area (Å²) in [5.74, 6) is 0.898. The van der Waals surface area contributed by atoms with Crippen molar-refractivity contribution in [1.82, 2.24) is 15.0 Å². The number of hydrogen-bond acceptors (Lipinski definition) is 3. The predicted molar refractivity (Wildman–Crippen MR) is 85.4 cm³/mol. The van der Waals surface area contributed by atoms with E-state index < -0.39 is 0 Å². The lowest BCUT2D eigenvalue weighted by molar-refractivity contribution is -0.363. The van der Waals surface area contributed by atoms with Crippen molar-refractivity contribution >= 4 is 49.4 Å². The number of rotatable bonds is 2. The van der Waals surface area contributed by atoms with Crippen LogP contribution in [0.15, 0.2) is 53.5 Å². The van der Waals surface area contributed by atoms with Gasteiger partial charge in [-0.1, -0.05) is 22.0 Å². The lowest BCUT2D eigenvalue weighted by Crippen LogP contribution is -2.11. The molecule has 2 aromatic heterocycles. The zero-order valence-electron chi connectivity index (χ0n) is 10.9. The Hall–Kier alpha value is -2.47. The second-order valence-electron chi connectivity index (χ2n) is 4.70. The van der Waals surface area contributed by atoms with E-state index in [4.69, 9.17) is 0 Å². The zero-order valence-corrected chi connectivity index (χ0v) is 12.5. The molecule has 0 spiro atoms. The van der Waals surface area contributed by atoms with Crippen molar-refractivity contribution in [2.75, 3.05) is 5.32 Å². The maximum atomic E-state index is 4.37. The number of aromatic nitrogens is 4. The van der Waals surface area contributed by atoms with Gasteiger partial charge in [-0.2, -0.15) is 0 Å². The van der Waals surface area contributed by atoms with Crippen molar-refractivity contribution in [3.8, 4) is 0 Å². The SMILES string of the molecule is Brc1cccc(Nc2[nH+]cnc3cc4nc[nH]c4cc23)c1. The van der Waals surface area contributed by atoms with E-state index in [9.17, 15) is 0 Å². The Bertz CT molecular complexity index is 947. The molecule has 0 radical (unpaired) electrons. The van der Waals surface area contributed by atoms with Crippen LogP contribution in [0.2, 0.25) is 0 Å². The number of nitrogens with zero attached hydrogens (tertiary/aromatic N) is 2. The first-order chi connectivity index (χ1) is 10.3. The largest absolute Gasteiger partial charge is 0.345 e. The van der Waals surface area contributed by atoms with Gasteiger partial charge in [-0.15, -0.1) is 4.98 Å². The quantitative estimate of drug-likeness (QED) is 0.587. The molecule has 102 valence electrons. The first kappa shape index (κ1) is 12.3. The smallest absolute Gasteiger partial charge is 0.234 e. The minimum Gasteiger partial charge on any atom is -0.345 e. The number of H-pyrrole nitrogens is 2. The molecule has 3 N–H and O–H groups in total. The lowest BCUT2D eigenvalue weighted by Gasteiger charge is -2.03. The minimum absolute atomic E-state index is 0.894. The minimum atomic E-state index is 0.894. The molecule has 4 rings (SSSR count). The van der Waals surface area contributed by atoms with Crippen LogP contribution in [0, 0.1) is 0 Å². The fraction of sp³-hybridized carbons (Fsp3) is 0. The molecule has 0 aliphatic carbocycles. The highest BCUT2D eigenvalue weighted by atomic mass is 79.9. The van der Waals surface area contributed by atoms with Gasteiger partial charge < -0.3 is 4.98 Å². The average molecular weight is 341 g/mol. The first-order valence-electron chi connectivity index (χ1n) is 6.46. The highest BCUT2D eigenvalue weighted by Crippen LogP contribution is 2.25. The Kier molecular flexibility index (Phi) is 2.82. The number of aromatic amines is 2. The molecule has 2 heterocycles. The second kappa shape index (κ2) is 4.82. The van der Waals surface area contributed by atoms with E-state index in [-0.39, 0.29) is 0 Å². The van der Waals surface area contributed by atoms with Gasteiger partial charge in [0.25, 0.3) is 0 Å². The molecule has 0 saturated carbocycles. The summed E-state index contributed by atoms with van der Waals surface area (Å²) in [5.41, 5.74) is 3.79. The van der Waals surface area contributed by atoms with Crippen LogP contribution >= 0.6 is 15.9 Å². The number of nitrogens with one attached hydrogen (secondary N) is 3. The van der Waals surface area contributed by atoms with E-state index in [1.54, 1.807) is 12.7 Å². The molecule has 2 aromatic carbocycles. The molecule has 0 aliphatic heterocycles. The topological polar surface area (TPSA) is 67.7 Å². The Labute approximate surface area is 128 Å². The summed E-state index contributed by atoms with van der Waals surface area (Å²) in [4.78, 5) is 14.9. The molecular formula is C15H11BrN5+. The second-order valence-corrected chi connectivity index (χ2v) is 5.62. The van der Waals surface area contributed by atoms with Gasteiger partial charge in [0.1, 0.15) is 0 Å². The third-order valence-electron chi connectivity index (χ3n) is 3.31. The number of anilines is 2. The molecule has 0 fully saturated rings. The summed E-state index contributed by atoms with van der Waals surface area (Å²) in [7, 11) is 0. The number of fused-ring (bicyclic) bond motifs is 2. The molecule has 5 nitrogen and oxygen atoms in total. The van der Waals surface area contributed by atoms with Crippen LogP contribution in [-0.4, -0.2) is 15.0 Å². The normalized spacial score (nSPS) is 11.1. The highest BCUT2D eigenvalue weighted by Gasteiger charge is 2.12. The van der Waals surface area contributed by atoms with Crippen LogP contribution in [0.4, 0.5) is 11.5 Å². The molecule has 4 aromatic rings. The third-order valence-corrected chi connectivity index (χ3v) is 3.81. The van der Waals surface area contributed by atoms with E-state index in [0.717, 1.165) is 37.9 Å². The van der Waals surface area contributed by atoms with Crippen molar-refractivity contribution in [3.05, 3.63) is 53.5 Å². The molecule has 21 heavy (non-hydrogen) atoms. The van der Waals surface area contributed by atoms with Gasteiger partial charge in [0, 0.05) is 10.5 Å². The molecule has 0 unspecified atom stereocenters. The van der Waals surface area contributed by atoms with Crippen LogP contribution in [0.25, 0.3) is 21.9 Å². The van der Waals surface area contributed by atoms with Crippen molar-refractivity contribution in [1.29, 1.82) is 0 Å². The summed E-state index contributed by atoms with van der Waals surface area (Å²) < 4.78 is 1.03. The summed E-state index contributed by atoms with van der Waals surface area (Å²) >= 11 is 3.48. The summed E-state index contributed by atoms with van der Waals surface area (Å²) in [6.45, 7) is 0. The van der Waals surface area contributed by atoms with E-state index in [1.165, 1.54) is 0 Å². The van der Waals surface area contributed by atoms with E-state index >= 15 is 0 Å². The Morgan fingerprint density at radius 3 is 2.95 bits per heavy atom. The van der Waals surface area contributed by atoms with Gasteiger partial charge in [-0.3, -0.25) is 5.32 Å². The summed E-state index contributed by atoms with van der Waals surface area (Å²) in [6, 6.07) is 12.0. The Morgan fingerprint density at radius 1 is 1.10 bits per heavy atom. The van der Waals surface area contributed by atoms with E-state index in [0.29, 0.717) is 0 Å². The predicted octanol–water partition coefficient (Wildman–Crippen LogP) is 3.43. The Balaban J connectivity index is 1.87. The van der Waals surface area contributed by atoms with Crippen LogP contribution in [0.5, 0.6) is 0 Å². The number of hydrogen-bond donors (Lipinski definition) is 2. The van der Waals surface area contributed by atoms with Gasteiger partial charge in [0.2, 0.25) is 12.1 Å². The molecule has 0 atom stereocenters. The highest BCUT2D eigenvalue weighted by molar-refractivity contribution is 9.10. The Morgan fingerprint density at radius 2 is 2.05 bits per heavy atom. The average Bonchev–Trinajstić information content (AvgIpc) is 2.93. The molecule has 0 saturated heterocycles. The van der Waals surface area contributed by atoms with Gasteiger partial charge in [0.15, 0.2) is 5.52 Å². The number of imidazole rings is 1. The van der Waals surface area contributed by atoms with Crippen LogP contribution in [0.1, 0.15) is 0 Å². The molecule has 6 heteroatoms. The van der Waals surface area contributed by atoms with Crippen molar-refractivity contribution in [2.24, 2.45) is 0 Å². The molecule has 0 aliphatic rings. The van der Waals surface area contributed by atoms with Crippen LogP contribution in [-0.2, 0) is 0 Å². The van der Waals surface area contributed by atoms with Crippen LogP contribution < -0.4 is 10.3 Å². The maximum absolute atomic E-state index is 4.37. The fourth-order valence-corrected chi connectivity index (χ4v) is 2.74. The first-order valence-corrected chi connectivity index (χ1v) is 7.25. The third kappa shape index (κ3) is 2.23. The van der Waals surface area contributed by atoms with E-state index in [2.05, 4.69) is 41.2 Å². The maximum Gasteiger partial charge on any atom is 0.234 e. The number of halogens is 1. The number of benzene rings is 2. The van der Waals surface area contributed by atoms with Crippen molar-refractivity contribution in [3.63, 3.8) is 0 Å². The lowest BCUT2D eigenvalue weighted by atomic mass is 10.2. The van der Waals surface area contributed by atoms with Gasteiger partial charge in [-0.25, -0.2) is 9.97 Å². The summed E-state index contributed by atoms with van der Waals surface area (Å²) in [6.07, 6.45) is 3.37. The van der Waals surface area contributed by atoms with Crippen molar-refractivity contribution < 1.29 is 4.98 Å². The molecule has 0 amide bonds. The van der Waals surface area contributed by atoms with E-state index in [1.807, 2.05) is 36.4 Å². The standard InChI is InChI=1S/C15H10BrN5/c16-9-2-1-3-10(4-9)21-15-11-5-13-14(19-7-18-13)6-12(11)17-8-20-15/h1-8H,(H,18,19)(H,17,20,21)/p+1. The molecular weight excluding hydrogens is 330 g/mol. The zero-order chi connectivity index (χ0) is 14.2. The fourth-order valence-electron chi connectivity index (χ4n) is 2.34. The van der Waals surface area contributed by atoms with Crippen molar-refractivity contribution in [2.45, 2.75) is 0 Å². The molecule has 0 bridgehead atoms. The van der Waals surface area contributed by atoms with Crippen LogP contribution in [0.3, 0.4) is 0 Å².